The summed E-state index contributed by atoms with van der Waals surface area (Å²) in [6.07, 6.45) is 2.91. The first-order valence-electron chi connectivity index (χ1n) is 3.51. The maximum Gasteiger partial charge on any atom is 0.0625 e. The molecule has 0 aliphatic heterocycles. The summed E-state index contributed by atoms with van der Waals surface area (Å²) in [6, 6.07) is 9.95. The first kappa shape index (κ1) is 7.00. The van der Waals surface area contributed by atoms with E-state index >= 15 is 0 Å². The molecule has 1 rings (SSSR count). The Morgan fingerprint density at radius 2 is 2.00 bits per heavy atom. The van der Waals surface area contributed by atoms with E-state index in [-0.39, 0.29) is 0 Å². The van der Waals surface area contributed by atoms with E-state index in [2.05, 4.69) is 11.9 Å². The molecule has 0 spiro atoms. The van der Waals surface area contributed by atoms with Crippen molar-refractivity contribution in [1.82, 2.24) is 0 Å². The summed E-state index contributed by atoms with van der Waals surface area (Å²) in [5.41, 5.74) is 1.03. The molecule has 0 aliphatic carbocycles. The molecule has 0 amide bonds. The highest BCUT2D eigenvalue weighted by molar-refractivity contribution is 5.62. The smallest absolute Gasteiger partial charge is 0.0625 e. The predicted molar refractivity (Wildman–Crippen MR) is 44.9 cm³/mol. The largest absolute Gasteiger partial charge is 0.261 e. The Balaban J connectivity index is 2.67. The molecule has 0 atom stereocenters. The van der Waals surface area contributed by atoms with Crippen LogP contribution in [-0.4, -0.2) is 6.21 Å². The van der Waals surface area contributed by atoms with Crippen molar-refractivity contribution < 1.29 is 0 Å². The molecule has 0 aromatic heterocycles. The Morgan fingerprint density at radius 1 is 1.30 bits per heavy atom. The Hall–Kier alpha value is -1.11. The van der Waals surface area contributed by atoms with Crippen LogP contribution in [0.15, 0.2) is 35.3 Å². The standard InChI is InChI=1S/C9H11N/c1-2-8-10-9-6-4-3-5-7-9/h3-8H,2H2,1H3/b10-8-. The topological polar surface area (TPSA) is 12.4 Å². The van der Waals surface area contributed by atoms with Gasteiger partial charge in [0.05, 0.1) is 5.69 Å². The fourth-order valence-electron chi connectivity index (χ4n) is 0.711. The summed E-state index contributed by atoms with van der Waals surface area (Å²) in [5.74, 6) is 0. The van der Waals surface area contributed by atoms with Crippen molar-refractivity contribution in [3.63, 3.8) is 0 Å². The van der Waals surface area contributed by atoms with Gasteiger partial charge in [-0.1, -0.05) is 25.1 Å². The van der Waals surface area contributed by atoms with Gasteiger partial charge in [0.15, 0.2) is 0 Å². The minimum absolute atomic E-state index is 0.995. The van der Waals surface area contributed by atoms with Crippen molar-refractivity contribution in [2.75, 3.05) is 0 Å². The second-order valence-electron chi connectivity index (χ2n) is 2.06. The monoisotopic (exact) mass is 133 g/mol. The van der Waals surface area contributed by atoms with Gasteiger partial charge in [0, 0.05) is 6.21 Å². The number of rotatable bonds is 2. The average molecular weight is 133 g/mol. The molecule has 0 heterocycles. The zero-order valence-electron chi connectivity index (χ0n) is 6.12. The Bertz CT molecular complexity index is 201. The average Bonchev–Trinajstić information content (AvgIpc) is 2.03. The van der Waals surface area contributed by atoms with Crippen LogP contribution in [-0.2, 0) is 0 Å². The lowest BCUT2D eigenvalue weighted by Gasteiger charge is -1.88. The van der Waals surface area contributed by atoms with Gasteiger partial charge in [0.1, 0.15) is 0 Å². The van der Waals surface area contributed by atoms with E-state index in [9.17, 15) is 0 Å². The van der Waals surface area contributed by atoms with Gasteiger partial charge in [-0.05, 0) is 18.6 Å². The number of hydrogen-bond donors (Lipinski definition) is 0. The summed E-state index contributed by atoms with van der Waals surface area (Å²) >= 11 is 0. The fraction of sp³-hybridized carbons (Fsp3) is 0.222. The highest BCUT2D eigenvalue weighted by Crippen LogP contribution is 2.08. The molecular weight excluding hydrogens is 122 g/mol. The highest BCUT2D eigenvalue weighted by Gasteiger charge is 1.79. The molecule has 0 aliphatic rings. The van der Waals surface area contributed by atoms with Crippen LogP contribution in [0.25, 0.3) is 0 Å². The molecule has 1 heteroatoms. The molecule has 0 N–H and O–H groups in total. The predicted octanol–water partition coefficient (Wildman–Crippen LogP) is 2.80. The molecule has 1 aromatic carbocycles. The van der Waals surface area contributed by atoms with Crippen molar-refractivity contribution in [2.24, 2.45) is 4.99 Å². The van der Waals surface area contributed by atoms with Gasteiger partial charge in [-0.2, -0.15) is 0 Å². The molecule has 0 fully saturated rings. The van der Waals surface area contributed by atoms with Gasteiger partial charge in [-0.15, -0.1) is 0 Å². The van der Waals surface area contributed by atoms with Gasteiger partial charge < -0.3 is 0 Å². The zero-order valence-corrected chi connectivity index (χ0v) is 6.12. The summed E-state index contributed by atoms with van der Waals surface area (Å²) in [4.78, 5) is 4.20. The third-order valence-corrected chi connectivity index (χ3v) is 1.18. The second-order valence-corrected chi connectivity index (χ2v) is 2.06. The molecule has 1 nitrogen and oxygen atoms in total. The van der Waals surface area contributed by atoms with Gasteiger partial charge >= 0.3 is 0 Å². The maximum absolute atomic E-state index is 4.20. The molecule has 0 saturated heterocycles. The van der Waals surface area contributed by atoms with E-state index in [0.717, 1.165) is 12.1 Å². The minimum atomic E-state index is 0.995. The van der Waals surface area contributed by atoms with Crippen molar-refractivity contribution in [2.45, 2.75) is 13.3 Å². The molecule has 0 saturated carbocycles. The van der Waals surface area contributed by atoms with Crippen LogP contribution in [0.3, 0.4) is 0 Å². The first-order chi connectivity index (χ1) is 4.93. The van der Waals surface area contributed by atoms with Crippen LogP contribution in [0.5, 0.6) is 0 Å². The van der Waals surface area contributed by atoms with Gasteiger partial charge in [-0.25, -0.2) is 0 Å². The molecular formula is C9H11N. The number of hydrogen-bond acceptors (Lipinski definition) is 1. The van der Waals surface area contributed by atoms with Crippen LogP contribution in [0.1, 0.15) is 13.3 Å². The first-order valence-corrected chi connectivity index (χ1v) is 3.51. The normalized spacial score (nSPS) is 10.5. The number of para-hydroxylation sites is 1. The molecule has 0 bridgehead atoms. The number of aliphatic imine (C=N–C) groups is 1. The van der Waals surface area contributed by atoms with Crippen LogP contribution in [0, 0.1) is 0 Å². The van der Waals surface area contributed by atoms with E-state index in [4.69, 9.17) is 0 Å². The van der Waals surface area contributed by atoms with Crippen LogP contribution in [0.2, 0.25) is 0 Å². The van der Waals surface area contributed by atoms with Gasteiger partial charge in [0.2, 0.25) is 0 Å². The lowest BCUT2D eigenvalue weighted by molar-refractivity contribution is 1.31. The zero-order chi connectivity index (χ0) is 7.23. The number of nitrogens with zero attached hydrogens (tertiary/aromatic N) is 1. The van der Waals surface area contributed by atoms with E-state index < -0.39 is 0 Å². The maximum atomic E-state index is 4.20. The lowest BCUT2D eigenvalue weighted by atomic mass is 10.3. The Kier molecular flexibility index (Phi) is 2.68. The summed E-state index contributed by atoms with van der Waals surface area (Å²) in [5, 5.41) is 0. The molecule has 0 unspecified atom stereocenters. The Morgan fingerprint density at radius 3 is 2.60 bits per heavy atom. The lowest BCUT2D eigenvalue weighted by Crippen LogP contribution is -1.66. The second kappa shape index (κ2) is 3.83. The molecule has 52 valence electrons. The summed E-state index contributed by atoms with van der Waals surface area (Å²) in [6.45, 7) is 2.08. The van der Waals surface area contributed by atoms with Crippen LogP contribution < -0.4 is 0 Å². The van der Waals surface area contributed by atoms with Crippen molar-refractivity contribution >= 4 is 11.9 Å². The molecule has 1 aromatic rings. The van der Waals surface area contributed by atoms with E-state index in [1.54, 1.807) is 0 Å². The van der Waals surface area contributed by atoms with Gasteiger partial charge in [-0.3, -0.25) is 4.99 Å². The minimum Gasteiger partial charge on any atom is -0.261 e. The van der Waals surface area contributed by atoms with Crippen LogP contribution in [0.4, 0.5) is 5.69 Å². The summed E-state index contributed by atoms with van der Waals surface area (Å²) in [7, 11) is 0. The van der Waals surface area contributed by atoms with Gasteiger partial charge in [0.25, 0.3) is 0 Å². The van der Waals surface area contributed by atoms with E-state index in [0.29, 0.717) is 0 Å². The third-order valence-electron chi connectivity index (χ3n) is 1.18. The SMILES string of the molecule is CC/C=N\c1ccccc1. The van der Waals surface area contributed by atoms with E-state index in [1.165, 1.54) is 0 Å². The highest BCUT2D eigenvalue weighted by atomic mass is 14.7. The molecule has 0 radical (unpaired) electrons. The van der Waals surface area contributed by atoms with Crippen molar-refractivity contribution in [1.29, 1.82) is 0 Å². The quantitative estimate of drug-likeness (QED) is 0.550. The van der Waals surface area contributed by atoms with Crippen molar-refractivity contribution in [3.8, 4) is 0 Å². The van der Waals surface area contributed by atoms with Crippen molar-refractivity contribution in [3.05, 3.63) is 30.3 Å². The Labute approximate surface area is 61.4 Å². The number of benzene rings is 1. The fourth-order valence-corrected chi connectivity index (χ4v) is 0.711. The summed E-state index contributed by atoms with van der Waals surface area (Å²) < 4.78 is 0. The van der Waals surface area contributed by atoms with E-state index in [1.807, 2.05) is 36.5 Å². The van der Waals surface area contributed by atoms with Crippen LogP contribution >= 0.6 is 0 Å². The molecule has 10 heavy (non-hydrogen) atoms. The third kappa shape index (κ3) is 2.02.